The second-order valence-electron chi connectivity index (χ2n) is 2.10. The van der Waals surface area contributed by atoms with Crippen molar-refractivity contribution in [1.29, 1.82) is 0 Å². The van der Waals surface area contributed by atoms with Crippen LogP contribution in [0.3, 0.4) is 0 Å². The van der Waals surface area contributed by atoms with Crippen molar-refractivity contribution >= 4 is 11.8 Å². The third kappa shape index (κ3) is 2.38. The molecule has 3 nitrogen and oxygen atoms in total. The fraction of sp³-hybridized carbons (Fsp3) is 0.143. The van der Waals surface area contributed by atoms with E-state index in [9.17, 15) is 18.0 Å². The zero-order valence-corrected chi connectivity index (χ0v) is 6.17. The number of alkyl halides is 3. The summed E-state index contributed by atoms with van der Waals surface area (Å²) in [6.45, 7) is 0. The molecule has 0 aliphatic carbocycles. The topological polar surface area (TPSA) is 42.3 Å². The van der Waals surface area contributed by atoms with Crippen molar-refractivity contribution in [2.24, 2.45) is 4.99 Å². The van der Waals surface area contributed by atoms with Crippen LogP contribution in [0.2, 0.25) is 0 Å². The molecule has 1 rings (SSSR count). The van der Waals surface area contributed by atoms with Crippen LogP contribution in [0.5, 0.6) is 0 Å². The van der Waals surface area contributed by atoms with Crippen LogP contribution in [0.1, 0.15) is 5.69 Å². The fourth-order valence-corrected chi connectivity index (χ4v) is 0.697. The van der Waals surface area contributed by atoms with Crippen LogP contribution in [0.25, 0.3) is 0 Å². The molecule has 0 unspecified atom stereocenters. The summed E-state index contributed by atoms with van der Waals surface area (Å²) in [6.07, 6.45) is -2.45. The Labute approximate surface area is 70.9 Å². The number of carbonyl (C=O) groups excluding carboxylic acids is 1. The molecule has 0 radical (unpaired) electrons. The first-order chi connectivity index (χ1) is 6.04. The third-order valence-electron chi connectivity index (χ3n) is 1.21. The van der Waals surface area contributed by atoms with Gasteiger partial charge in [-0.1, -0.05) is 0 Å². The number of nitrogens with zero attached hydrogens (tertiary/aromatic N) is 2. The van der Waals surface area contributed by atoms with Gasteiger partial charge in [-0.05, 0) is 12.1 Å². The van der Waals surface area contributed by atoms with Crippen molar-refractivity contribution < 1.29 is 18.0 Å². The van der Waals surface area contributed by atoms with Crippen LogP contribution >= 0.6 is 0 Å². The predicted molar refractivity (Wildman–Crippen MR) is 37.0 cm³/mol. The molecule has 0 saturated carbocycles. The smallest absolute Gasteiger partial charge is 0.252 e. The second kappa shape index (κ2) is 3.37. The van der Waals surface area contributed by atoms with Gasteiger partial charge in [0.15, 0.2) is 0 Å². The molecule has 1 aromatic heterocycles. The minimum Gasteiger partial charge on any atom is -0.252 e. The number of isocyanates is 1. The normalized spacial score (nSPS) is 10.7. The predicted octanol–water partition coefficient (Wildman–Crippen LogP) is 2.07. The van der Waals surface area contributed by atoms with Gasteiger partial charge in [0.2, 0.25) is 6.08 Å². The van der Waals surface area contributed by atoms with Crippen molar-refractivity contribution in [1.82, 2.24) is 4.98 Å². The molecule has 0 amide bonds. The molecule has 0 N–H and O–H groups in total. The summed E-state index contributed by atoms with van der Waals surface area (Å²) in [7, 11) is 0. The molecule has 0 saturated heterocycles. The second-order valence-corrected chi connectivity index (χ2v) is 2.10. The van der Waals surface area contributed by atoms with Gasteiger partial charge in [0, 0.05) is 6.20 Å². The molecule has 0 spiro atoms. The highest BCUT2D eigenvalue weighted by Gasteiger charge is 2.32. The zero-order chi connectivity index (χ0) is 9.90. The maximum Gasteiger partial charge on any atom is 0.433 e. The number of hydrogen-bond acceptors (Lipinski definition) is 3. The van der Waals surface area contributed by atoms with Gasteiger partial charge in [-0.3, -0.25) is 4.98 Å². The lowest BCUT2D eigenvalue weighted by Crippen LogP contribution is -2.06. The van der Waals surface area contributed by atoms with Gasteiger partial charge in [0.25, 0.3) is 0 Å². The Kier molecular flexibility index (Phi) is 2.44. The lowest BCUT2D eigenvalue weighted by Gasteiger charge is -2.04. The Hall–Kier alpha value is -1.68. The lowest BCUT2D eigenvalue weighted by molar-refractivity contribution is -0.141. The number of rotatable bonds is 1. The van der Waals surface area contributed by atoms with E-state index < -0.39 is 11.9 Å². The van der Waals surface area contributed by atoms with Gasteiger partial charge in [0.1, 0.15) is 5.69 Å². The summed E-state index contributed by atoms with van der Waals surface area (Å²) in [6, 6.07) is 1.85. The van der Waals surface area contributed by atoms with Crippen molar-refractivity contribution in [2.45, 2.75) is 6.18 Å². The van der Waals surface area contributed by atoms with Crippen molar-refractivity contribution in [3.63, 3.8) is 0 Å². The first kappa shape index (κ1) is 9.41. The summed E-state index contributed by atoms with van der Waals surface area (Å²) in [5, 5.41) is 0. The van der Waals surface area contributed by atoms with Crippen LogP contribution in [0.15, 0.2) is 23.3 Å². The molecule has 0 fully saturated rings. The largest absolute Gasteiger partial charge is 0.433 e. The monoisotopic (exact) mass is 188 g/mol. The molecule has 0 atom stereocenters. The van der Waals surface area contributed by atoms with Gasteiger partial charge in [-0.15, -0.1) is 0 Å². The Morgan fingerprint density at radius 1 is 1.46 bits per heavy atom. The van der Waals surface area contributed by atoms with Gasteiger partial charge < -0.3 is 0 Å². The van der Waals surface area contributed by atoms with E-state index in [0.29, 0.717) is 6.07 Å². The van der Waals surface area contributed by atoms with E-state index in [2.05, 4.69) is 9.98 Å². The molecule has 13 heavy (non-hydrogen) atoms. The van der Waals surface area contributed by atoms with Gasteiger partial charge >= 0.3 is 6.18 Å². The van der Waals surface area contributed by atoms with Crippen molar-refractivity contribution in [3.05, 3.63) is 24.0 Å². The highest BCUT2D eigenvalue weighted by atomic mass is 19.4. The van der Waals surface area contributed by atoms with Crippen LogP contribution in [0, 0.1) is 0 Å². The fourth-order valence-electron chi connectivity index (χ4n) is 0.697. The van der Waals surface area contributed by atoms with E-state index in [1.54, 1.807) is 0 Å². The van der Waals surface area contributed by atoms with Gasteiger partial charge in [0.05, 0.1) is 5.69 Å². The number of pyridine rings is 1. The quantitative estimate of drug-likeness (QED) is 0.500. The molecule has 0 aliphatic heterocycles. The molecule has 1 heterocycles. The average Bonchev–Trinajstić information content (AvgIpc) is 2.04. The summed E-state index contributed by atoms with van der Waals surface area (Å²) in [4.78, 5) is 15.9. The highest BCUT2D eigenvalue weighted by molar-refractivity contribution is 5.48. The molecule has 1 aromatic rings. The van der Waals surface area contributed by atoms with Crippen LogP contribution in [-0.4, -0.2) is 11.1 Å². The van der Waals surface area contributed by atoms with Gasteiger partial charge in [-0.2, -0.15) is 18.2 Å². The summed E-state index contributed by atoms with van der Waals surface area (Å²) < 4.78 is 36.0. The highest BCUT2D eigenvalue weighted by Crippen LogP contribution is 2.29. The molecule has 0 aliphatic rings. The van der Waals surface area contributed by atoms with Crippen LogP contribution in [-0.2, 0) is 11.0 Å². The van der Waals surface area contributed by atoms with Gasteiger partial charge in [-0.25, -0.2) is 4.79 Å². The number of aromatic nitrogens is 1. The molecule has 68 valence electrons. The molecule has 6 heteroatoms. The van der Waals surface area contributed by atoms with E-state index in [-0.39, 0.29) is 5.69 Å². The molecule has 0 bridgehead atoms. The minimum atomic E-state index is -4.52. The Morgan fingerprint density at radius 2 is 2.15 bits per heavy atom. The number of halogens is 3. The molecular formula is C7H3F3N2O. The Balaban J connectivity index is 3.12. The molecule has 0 aromatic carbocycles. The first-order valence-electron chi connectivity index (χ1n) is 3.15. The SMILES string of the molecule is O=C=Nc1ccnc(C(F)(F)F)c1. The lowest BCUT2D eigenvalue weighted by atomic mass is 10.3. The van der Waals surface area contributed by atoms with E-state index >= 15 is 0 Å². The molecular weight excluding hydrogens is 185 g/mol. The van der Waals surface area contributed by atoms with Crippen molar-refractivity contribution in [2.75, 3.05) is 0 Å². The summed E-state index contributed by atoms with van der Waals surface area (Å²) >= 11 is 0. The Bertz CT molecular complexity index is 355. The summed E-state index contributed by atoms with van der Waals surface area (Å²) in [5.41, 5.74) is -1.19. The van der Waals surface area contributed by atoms with Crippen LogP contribution in [0.4, 0.5) is 18.9 Å². The zero-order valence-electron chi connectivity index (χ0n) is 6.17. The maximum absolute atomic E-state index is 12.0. The number of hydrogen-bond donors (Lipinski definition) is 0. The van der Waals surface area contributed by atoms with Crippen LogP contribution < -0.4 is 0 Å². The third-order valence-corrected chi connectivity index (χ3v) is 1.21. The standard InChI is InChI=1S/C7H3F3N2O/c8-7(9,10)6-3-5(12-4-13)1-2-11-6/h1-3H. The average molecular weight is 188 g/mol. The number of aliphatic imine (C=N–C) groups is 1. The van der Waals surface area contributed by atoms with E-state index in [1.807, 2.05) is 0 Å². The Morgan fingerprint density at radius 3 is 2.69 bits per heavy atom. The van der Waals surface area contributed by atoms with Crippen molar-refractivity contribution in [3.8, 4) is 0 Å². The first-order valence-corrected chi connectivity index (χ1v) is 3.15. The van der Waals surface area contributed by atoms with E-state index in [4.69, 9.17) is 0 Å². The maximum atomic E-state index is 12.0. The van der Waals surface area contributed by atoms with E-state index in [0.717, 1.165) is 12.3 Å². The minimum absolute atomic E-state index is 0.114. The van der Waals surface area contributed by atoms with E-state index in [1.165, 1.54) is 6.07 Å². The summed E-state index contributed by atoms with van der Waals surface area (Å²) in [5.74, 6) is 0.